The first-order chi connectivity index (χ1) is 8.77. The van der Waals surface area contributed by atoms with Gasteiger partial charge in [-0.25, -0.2) is 4.79 Å². The summed E-state index contributed by atoms with van der Waals surface area (Å²) in [5.74, 6) is 0. The Labute approximate surface area is 119 Å². The zero-order chi connectivity index (χ0) is 12.4. The maximum absolute atomic E-state index is 11.9. The van der Waals surface area contributed by atoms with Crippen LogP contribution < -0.4 is 5.32 Å². The van der Waals surface area contributed by atoms with E-state index in [-0.39, 0.29) is 24.1 Å². The van der Waals surface area contributed by atoms with E-state index in [1.807, 2.05) is 35.2 Å². The van der Waals surface area contributed by atoms with Gasteiger partial charge in [0.2, 0.25) is 0 Å². The first-order valence-electron chi connectivity index (χ1n) is 6.50. The standard InChI is InChI=1S/C14H18N2O2.ClH/c17-13-16(10-12-4-2-1-3-5-12)11-14(18-13)6-8-15-9-7-14;/h1-5,15H,6-11H2;1H. The fourth-order valence-corrected chi connectivity index (χ4v) is 2.76. The molecule has 2 fully saturated rings. The summed E-state index contributed by atoms with van der Waals surface area (Å²) in [7, 11) is 0. The van der Waals surface area contributed by atoms with E-state index in [0.717, 1.165) is 38.0 Å². The van der Waals surface area contributed by atoms with Crippen LogP contribution in [0.25, 0.3) is 0 Å². The smallest absolute Gasteiger partial charge is 0.410 e. The molecule has 0 aliphatic carbocycles. The van der Waals surface area contributed by atoms with Crippen molar-refractivity contribution in [3.05, 3.63) is 35.9 Å². The second-order valence-electron chi connectivity index (χ2n) is 5.14. The molecule has 0 saturated carbocycles. The SMILES string of the molecule is Cl.O=C1OC2(CCNCC2)CN1Cc1ccccc1. The van der Waals surface area contributed by atoms with Crippen LogP contribution in [0.1, 0.15) is 18.4 Å². The fourth-order valence-electron chi connectivity index (χ4n) is 2.76. The maximum atomic E-state index is 11.9. The molecule has 5 heteroatoms. The minimum Gasteiger partial charge on any atom is -0.441 e. The fraction of sp³-hybridized carbons (Fsp3) is 0.500. The van der Waals surface area contributed by atoms with Crippen LogP contribution >= 0.6 is 12.4 Å². The minimum atomic E-state index is -0.239. The van der Waals surface area contributed by atoms with Crippen molar-refractivity contribution in [3.63, 3.8) is 0 Å². The molecule has 1 spiro atoms. The summed E-state index contributed by atoms with van der Waals surface area (Å²) in [5, 5.41) is 3.31. The van der Waals surface area contributed by atoms with Crippen molar-refractivity contribution < 1.29 is 9.53 Å². The Morgan fingerprint density at radius 2 is 1.89 bits per heavy atom. The van der Waals surface area contributed by atoms with Crippen molar-refractivity contribution in [3.8, 4) is 0 Å². The van der Waals surface area contributed by atoms with Crippen LogP contribution in [0.4, 0.5) is 4.79 Å². The zero-order valence-electron chi connectivity index (χ0n) is 10.8. The van der Waals surface area contributed by atoms with E-state index in [1.165, 1.54) is 0 Å². The van der Waals surface area contributed by atoms with E-state index >= 15 is 0 Å². The first-order valence-corrected chi connectivity index (χ1v) is 6.50. The van der Waals surface area contributed by atoms with Gasteiger partial charge in [0, 0.05) is 19.4 Å². The van der Waals surface area contributed by atoms with Gasteiger partial charge in [0.15, 0.2) is 0 Å². The largest absolute Gasteiger partial charge is 0.441 e. The topological polar surface area (TPSA) is 41.6 Å². The molecule has 0 bridgehead atoms. The number of hydrogen-bond acceptors (Lipinski definition) is 3. The molecule has 1 aromatic rings. The predicted octanol–water partition coefficient (Wildman–Crippen LogP) is 2.18. The molecule has 0 radical (unpaired) electrons. The molecule has 2 saturated heterocycles. The van der Waals surface area contributed by atoms with Crippen LogP contribution in [0.5, 0.6) is 0 Å². The number of hydrogen-bond donors (Lipinski definition) is 1. The van der Waals surface area contributed by atoms with E-state index in [1.54, 1.807) is 0 Å². The van der Waals surface area contributed by atoms with Crippen LogP contribution in [-0.4, -0.2) is 36.2 Å². The van der Waals surface area contributed by atoms with Crippen molar-refractivity contribution >= 4 is 18.5 Å². The number of ether oxygens (including phenoxy) is 1. The predicted molar refractivity (Wildman–Crippen MR) is 75.4 cm³/mol. The third-order valence-electron chi connectivity index (χ3n) is 3.77. The molecule has 2 aliphatic heterocycles. The highest BCUT2D eigenvalue weighted by Crippen LogP contribution is 2.31. The monoisotopic (exact) mass is 282 g/mol. The molecule has 19 heavy (non-hydrogen) atoms. The first kappa shape index (κ1) is 14.2. The molecule has 1 amide bonds. The van der Waals surface area contributed by atoms with Gasteiger partial charge >= 0.3 is 6.09 Å². The van der Waals surface area contributed by atoms with Crippen molar-refractivity contribution in [2.24, 2.45) is 0 Å². The number of nitrogens with zero attached hydrogens (tertiary/aromatic N) is 1. The summed E-state index contributed by atoms with van der Waals surface area (Å²) in [4.78, 5) is 13.8. The molecule has 3 rings (SSSR count). The molecule has 2 heterocycles. The third-order valence-corrected chi connectivity index (χ3v) is 3.77. The summed E-state index contributed by atoms with van der Waals surface area (Å²) < 4.78 is 5.62. The normalized spacial score (nSPS) is 21.1. The second-order valence-corrected chi connectivity index (χ2v) is 5.14. The van der Waals surface area contributed by atoms with E-state index in [9.17, 15) is 4.79 Å². The lowest BCUT2D eigenvalue weighted by atomic mass is 9.92. The van der Waals surface area contributed by atoms with Crippen LogP contribution in [0.3, 0.4) is 0 Å². The lowest BCUT2D eigenvalue weighted by Gasteiger charge is -2.31. The Balaban J connectivity index is 0.00000133. The van der Waals surface area contributed by atoms with Gasteiger partial charge in [-0.05, 0) is 18.7 Å². The Kier molecular flexibility index (Phi) is 4.32. The van der Waals surface area contributed by atoms with Gasteiger partial charge in [0.1, 0.15) is 5.60 Å². The van der Waals surface area contributed by atoms with E-state index in [4.69, 9.17) is 4.74 Å². The quantitative estimate of drug-likeness (QED) is 0.904. The number of carbonyl (C=O) groups is 1. The van der Waals surface area contributed by atoms with Crippen molar-refractivity contribution in [2.75, 3.05) is 19.6 Å². The van der Waals surface area contributed by atoms with Crippen LogP contribution in [0, 0.1) is 0 Å². The molecule has 104 valence electrons. The van der Waals surface area contributed by atoms with Crippen LogP contribution in [0.15, 0.2) is 30.3 Å². The molecular weight excluding hydrogens is 264 g/mol. The molecule has 2 aliphatic rings. The van der Waals surface area contributed by atoms with Gasteiger partial charge in [-0.3, -0.25) is 4.90 Å². The second kappa shape index (κ2) is 5.80. The minimum absolute atomic E-state index is 0. The van der Waals surface area contributed by atoms with Gasteiger partial charge in [-0.15, -0.1) is 12.4 Å². The number of amides is 1. The Bertz CT molecular complexity index is 432. The number of carbonyl (C=O) groups excluding carboxylic acids is 1. The van der Waals surface area contributed by atoms with Crippen molar-refractivity contribution in [1.82, 2.24) is 10.2 Å². The maximum Gasteiger partial charge on any atom is 0.410 e. The van der Waals surface area contributed by atoms with Gasteiger partial charge in [0.25, 0.3) is 0 Å². The summed E-state index contributed by atoms with van der Waals surface area (Å²) in [6.45, 7) is 3.25. The number of piperidine rings is 1. The summed E-state index contributed by atoms with van der Waals surface area (Å²) in [6.07, 6.45) is 1.68. The van der Waals surface area contributed by atoms with E-state index in [2.05, 4.69) is 5.32 Å². The lowest BCUT2D eigenvalue weighted by molar-refractivity contribution is 0.0316. The van der Waals surface area contributed by atoms with Crippen molar-refractivity contribution in [2.45, 2.75) is 25.0 Å². The molecule has 0 aromatic heterocycles. The molecule has 0 unspecified atom stereocenters. The molecule has 1 aromatic carbocycles. The average molecular weight is 283 g/mol. The molecule has 1 N–H and O–H groups in total. The van der Waals surface area contributed by atoms with Crippen molar-refractivity contribution in [1.29, 1.82) is 0 Å². The van der Waals surface area contributed by atoms with Crippen LogP contribution in [-0.2, 0) is 11.3 Å². The average Bonchev–Trinajstić information content (AvgIpc) is 2.68. The van der Waals surface area contributed by atoms with E-state index in [0.29, 0.717) is 6.54 Å². The molecule has 4 nitrogen and oxygen atoms in total. The Hall–Kier alpha value is -1.26. The zero-order valence-corrected chi connectivity index (χ0v) is 11.6. The molecule has 0 atom stereocenters. The number of benzene rings is 1. The summed E-state index contributed by atoms with van der Waals surface area (Å²) in [5.41, 5.74) is 0.914. The van der Waals surface area contributed by atoms with Gasteiger partial charge in [-0.1, -0.05) is 30.3 Å². The summed E-state index contributed by atoms with van der Waals surface area (Å²) in [6, 6.07) is 10.1. The Morgan fingerprint density at radius 3 is 2.58 bits per heavy atom. The van der Waals surface area contributed by atoms with E-state index < -0.39 is 0 Å². The van der Waals surface area contributed by atoms with Gasteiger partial charge in [0.05, 0.1) is 6.54 Å². The molecular formula is C14H19ClN2O2. The number of halogens is 1. The number of rotatable bonds is 2. The van der Waals surface area contributed by atoms with Gasteiger partial charge in [-0.2, -0.15) is 0 Å². The highest BCUT2D eigenvalue weighted by molar-refractivity contribution is 5.85. The highest BCUT2D eigenvalue weighted by atomic mass is 35.5. The van der Waals surface area contributed by atoms with Crippen LogP contribution in [0.2, 0.25) is 0 Å². The number of nitrogens with one attached hydrogen (secondary N) is 1. The highest BCUT2D eigenvalue weighted by Gasteiger charge is 2.45. The lowest BCUT2D eigenvalue weighted by Crippen LogP contribution is -2.44. The summed E-state index contributed by atoms with van der Waals surface area (Å²) >= 11 is 0. The van der Waals surface area contributed by atoms with Gasteiger partial charge < -0.3 is 10.1 Å². The Morgan fingerprint density at radius 1 is 1.21 bits per heavy atom. The third kappa shape index (κ3) is 3.01.